The largest absolute Gasteiger partial charge is 0.272 e. The summed E-state index contributed by atoms with van der Waals surface area (Å²) in [5.74, 6) is 0.603. The summed E-state index contributed by atoms with van der Waals surface area (Å²) in [4.78, 5) is 14.8. The van der Waals surface area contributed by atoms with Crippen molar-refractivity contribution in [3.63, 3.8) is 0 Å². The molecule has 0 bridgehead atoms. The molecule has 23 heavy (non-hydrogen) atoms. The second-order valence-corrected chi connectivity index (χ2v) is 9.01. The maximum absolute atomic E-state index is 12.4. The first kappa shape index (κ1) is 16.4. The van der Waals surface area contributed by atoms with Crippen molar-refractivity contribution in [3.05, 3.63) is 43.8 Å². The van der Waals surface area contributed by atoms with Crippen LogP contribution in [-0.2, 0) is 12.8 Å². The fraction of sp³-hybridized carbons (Fsp3) is 0.444. The number of hydrazone groups is 1. The number of carbonyl (C=O) groups excluding carboxylic acids is 1. The van der Waals surface area contributed by atoms with Gasteiger partial charge in [-0.1, -0.05) is 26.8 Å². The molecule has 0 radical (unpaired) electrons. The van der Waals surface area contributed by atoms with Crippen LogP contribution in [0.2, 0.25) is 0 Å². The number of carbonyl (C=O) groups is 1. The van der Waals surface area contributed by atoms with Crippen LogP contribution in [-0.4, -0.2) is 12.1 Å². The van der Waals surface area contributed by atoms with Crippen LogP contribution in [0.4, 0.5) is 0 Å². The second-order valence-electron chi connectivity index (χ2n) is 7.07. The molecule has 2 aromatic rings. The maximum Gasteiger partial charge on any atom is 0.272 e. The lowest BCUT2D eigenvalue weighted by atomic mass is 9.72. The number of hydrogen-bond donors (Lipinski definition) is 1. The van der Waals surface area contributed by atoms with Gasteiger partial charge in [-0.3, -0.25) is 4.79 Å². The molecule has 0 unspecified atom stereocenters. The van der Waals surface area contributed by atoms with E-state index in [4.69, 9.17) is 0 Å². The quantitative estimate of drug-likeness (QED) is 0.634. The Morgan fingerprint density at radius 1 is 1.39 bits per heavy atom. The normalized spacial score (nSPS) is 18.1. The van der Waals surface area contributed by atoms with Crippen molar-refractivity contribution >= 4 is 34.8 Å². The molecule has 0 aliphatic heterocycles. The van der Waals surface area contributed by atoms with Crippen molar-refractivity contribution in [1.82, 2.24) is 5.43 Å². The first-order chi connectivity index (χ1) is 10.9. The monoisotopic (exact) mass is 346 g/mol. The van der Waals surface area contributed by atoms with Gasteiger partial charge < -0.3 is 0 Å². The van der Waals surface area contributed by atoms with E-state index in [1.54, 1.807) is 28.9 Å². The molecule has 122 valence electrons. The predicted molar refractivity (Wildman–Crippen MR) is 98.7 cm³/mol. The highest BCUT2D eigenvalue weighted by Gasteiger charge is 2.31. The number of rotatable bonds is 3. The SMILES string of the molecule is CC(C)(C)[C@@H]1CCc2c(C(=O)N/N=C\c3cccs3)csc2C1. The molecule has 0 saturated carbocycles. The zero-order valence-corrected chi connectivity index (χ0v) is 15.4. The summed E-state index contributed by atoms with van der Waals surface area (Å²) in [5.41, 5.74) is 5.03. The zero-order chi connectivity index (χ0) is 16.4. The lowest BCUT2D eigenvalue weighted by Crippen LogP contribution is -2.27. The summed E-state index contributed by atoms with van der Waals surface area (Å²) in [6.07, 6.45) is 4.94. The van der Waals surface area contributed by atoms with Crippen LogP contribution in [0.5, 0.6) is 0 Å². The number of thiophene rings is 2. The van der Waals surface area contributed by atoms with Crippen LogP contribution in [0.3, 0.4) is 0 Å². The van der Waals surface area contributed by atoms with E-state index in [9.17, 15) is 4.79 Å². The third-order valence-electron chi connectivity index (χ3n) is 4.53. The highest BCUT2D eigenvalue weighted by Crippen LogP contribution is 2.40. The van der Waals surface area contributed by atoms with Gasteiger partial charge >= 0.3 is 0 Å². The molecule has 3 nitrogen and oxygen atoms in total. The molecule has 3 rings (SSSR count). The van der Waals surface area contributed by atoms with Crippen molar-refractivity contribution in [2.75, 3.05) is 0 Å². The average Bonchev–Trinajstić information content (AvgIpc) is 3.14. The second kappa shape index (κ2) is 6.57. The van der Waals surface area contributed by atoms with Crippen LogP contribution < -0.4 is 5.43 Å². The maximum atomic E-state index is 12.4. The van der Waals surface area contributed by atoms with E-state index in [2.05, 4.69) is 31.3 Å². The van der Waals surface area contributed by atoms with Crippen molar-refractivity contribution in [2.24, 2.45) is 16.4 Å². The minimum absolute atomic E-state index is 0.0930. The molecule has 0 saturated heterocycles. The summed E-state index contributed by atoms with van der Waals surface area (Å²) >= 11 is 3.32. The Bertz CT molecular complexity index is 708. The van der Waals surface area contributed by atoms with Gasteiger partial charge in [0.25, 0.3) is 5.91 Å². The minimum atomic E-state index is -0.0930. The number of hydrogen-bond acceptors (Lipinski definition) is 4. The Morgan fingerprint density at radius 2 is 2.22 bits per heavy atom. The third kappa shape index (κ3) is 3.72. The highest BCUT2D eigenvalue weighted by molar-refractivity contribution is 7.11. The van der Waals surface area contributed by atoms with E-state index >= 15 is 0 Å². The van der Waals surface area contributed by atoms with Crippen LogP contribution in [0.25, 0.3) is 0 Å². The fourth-order valence-electron chi connectivity index (χ4n) is 3.02. The Labute approximate surface area is 145 Å². The highest BCUT2D eigenvalue weighted by atomic mass is 32.1. The standard InChI is InChI=1S/C18H22N2OS2/c1-18(2,3)12-6-7-14-15(11-23-16(14)9-12)17(21)20-19-10-13-5-4-8-22-13/h4-5,8,10-12H,6-7,9H2,1-3H3,(H,20,21)/b19-10-/t12-/m1/s1. The minimum Gasteiger partial charge on any atom is -0.267 e. The summed E-state index contributed by atoms with van der Waals surface area (Å²) in [6.45, 7) is 6.93. The molecular formula is C18H22N2OS2. The van der Waals surface area contributed by atoms with E-state index in [1.165, 1.54) is 10.4 Å². The Morgan fingerprint density at radius 3 is 2.91 bits per heavy atom. The fourth-order valence-corrected chi connectivity index (χ4v) is 4.77. The lowest BCUT2D eigenvalue weighted by molar-refractivity contribution is 0.0954. The molecule has 2 aromatic heterocycles. The van der Waals surface area contributed by atoms with Gasteiger partial charge in [-0.2, -0.15) is 5.10 Å². The molecular weight excluding hydrogens is 324 g/mol. The van der Waals surface area contributed by atoms with Crippen molar-refractivity contribution in [2.45, 2.75) is 40.0 Å². The molecule has 1 amide bonds. The average molecular weight is 347 g/mol. The first-order valence-electron chi connectivity index (χ1n) is 7.91. The lowest BCUT2D eigenvalue weighted by Gasteiger charge is -2.33. The van der Waals surface area contributed by atoms with Gasteiger partial charge in [0, 0.05) is 15.1 Å². The number of nitrogens with one attached hydrogen (secondary N) is 1. The topological polar surface area (TPSA) is 41.5 Å². The summed E-state index contributed by atoms with van der Waals surface area (Å²) in [6, 6.07) is 3.94. The molecule has 1 atom stereocenters. The number of amides is 1. The molecule has 5 heteroatoms. The number of nitrogens with zero attached hydrogens (tertiary/aromatic N) is 1. The van der Waals surface area contributed by atoms with Gasteiger partial charge in [-0.15, -0.1) is 22.7 Å². The van der Waals surface area contributed by atoms with E-state index in [0.29, 0.717) is 11.3 Å². The third-order valence-corrected chi connectivity index (χ3v) is 6.38. The molecule has 0 fully saturated rings. The molecule has 0 spiro atoms. The molecule has 2 heterocycles. The van der Waals surface area contributed by atoms with Crippen LogP contribution in [0.1, 0.15) is 52.9 Å². The molecule has 1 aliphatic carbocycles. The zero-order valence-electron chi connectivity index (χ0n) is 13.8. The summed E-state index contributed by atoms with van der Waals surface area (Å²) in [7, 11) is 0. The predicted octanol–water partition coefficient (Wildman–Crippen LogP) is 4.72. The van der Waals surface area contributed by atoms with Gasteiger partial charge in [-0.05, 0) is 47.6 Å². The van der Waals surface area contributed by atoms with Crippen molar-refractivity contribution in [3.8, 4) is 0 Å². The van der Waals surface area contributed by atoms with Crippen LogP contribution in [0.15, 0.2) is 28.0 Å². The molecule has 1 aliphatic rings. The van der Waals surface area contributed by atoms with Gasteiger partial charge in [0.2, 0.25) is 0 Å². The summed E-state index contributed by atoms with van der Waals surface area (Å²) < 4.78 is 0. The van der Waals surface area contributed by atoms with Crippen molar-refractivity contribution in [1.29, 1.82) is 0 Å². The van der Waals surface area contributed by atoms with Crippen LogP contribution >= 0.6 is 22.7 Å². The number of fused-ring (bicyclic) bond motifs is 1. The van der Waals surface area contributed by atoms with Gasteiger partial charge in [0.05, 0.1) is 11.8 Å². The smallest absolute Gasteiger partial charge is 0.267 e. The molecule has 0 aromatic carbocycles. The van der Waals surface area contributed by atoms with E-state index in [-0.39, 0.29) is 5.91 Å². The first-order valence-corrected chi connectivity index (χ1v) is 9.67. The Hall–Kier alpha value is -1.46. The molecule has 1 N–H and O–H groups in total. The van der Waals surface area contributed by atoms with E-state index in [1.807, 2.05) is 22.9 Å². The van der Waals surface area contributed by atoms with E-state index < -0.39 is 0 Å². The Kier molecular flexibility index (Phi) is 4.69. The van der Waals surface area contributed by atoms with Gasteiger partial charge in [0.1, 0.15) is 0 Å². The van der Waals surface area contributed by atoms with Gasteiger partial charge in [-0.25, -0.2) is 5.43 Å². The van der Waals surface area contributed by atoms with Gasteiger partial charge in [0.15, 0.2) is 0 Å². The van der Waals surface area contributed by atoms with Crippen molar-refractivity contribution < 1.29 is 4.79 Å². The Balaban J connectivity index is 1.68. The van der Waals surface area contributed by atoms with Crippen LogP contribution in [0, 0.1) is 11.3 Å². The summed E-state index contributed by atoms with van der Waals surface area (Å²) in [5, 5.41) is 8.05. The van der Waals surface area contributed by atoms with E-state index in [0.717, 1.165) is 29.7 Å².